The summed E-state index contributed by atoms with van der Waals surface area (Å²) in [5.41, 5.74) is 1.49. The third-order valence-corrected chi connectivity index (χ3v) is 5.44. The molecular weight excluding hydrogens is 412 g/mol. The van der Waals surface area contributed by atoms with Gasteiger partial charge in [0.1, 0.15) is 25.1 Å². The standard InChI is InChI=1S/C23H26N4O5/c1-14(2)21-24-15(3)10-19(25-21)32-13-16-11-26(8-9-31-16)20(28)12-27-22(29)17-6-4-5-7-18(17)23(27)30/h4-7,10,14,16H,8-9,11-13H2,1-3H3. The van der Waals surface area contributed by atoms with Crippen molar-refractivity contribution in [1.29, 1.82) is 0 Å². The molecule has 4 rings (SSSR count). The minimum Gasteiger partial charge on any atom is -0.475 e. The first-order chi connectivity index (χ1) is 15.3. The Morgan fingerprint density at radius 2 is 1.88 bits per heavy atom. The summed E-state index contributed by atoms with van der Waals surface area (Å²) in [5.74, 6) is 0.187. The topological polar surface area (TPSA) is 102 Å². The highest BCUT2D eigenvalue weighted by molar-refractivity contribution is 6.22. The summed E-state index contributed by atoms with van der Waals surface area (Å²) < 4.78 is 11.6. The van der Waals surface area contributed by atoms with Gasteiger partial charge in [-0.1, -0.05) is 26.0 Å². The Labute approximate surface area is 186 Å². The number of hydrogen-bond donors (Lipinski definition) is 0. The molecular formula is C23H26N4O5. The van der Waals surface area contributed by atoms with E-state index in [4.69, 9.17) is 9.47 Å². The lowest BCUT2D eigenvalue weighted by molar-refractivity contribution is -0.140. The van der Waals surface area contributed by atoms with E-state index in [-0.39, 0.29) is 31.1 Å². The van der Waals surface area contributed by atoms with Crippen LogP contribution in [0, 0.1) is 6.92 Å². The monoisotopic (exact) mass is 438 g/mol. The second-order valence-electron chi connectivity index (χ2n) is 8.25. The van der Waals surface area contributed by atoms with Gasteiger partial charge in [-0.3, -0.25) is 19.3 Å². The summed E-state index contributed by atoms with van der Waals surface area (Å²) in [6, 6.07) is 8.36. The average molecular weight is 438 g/mol. The van der Waals surface area contributed by atoms with Crippen molar-refractivity contribution in [2.24, 2.45) is 0 Å². The molecule has 0 bridgehead atoms. The number of ether oxygens (including phenoxy) is 2. The highest BCUT2D eigenvalue weighted by atomic mass is 16.5. The van der Waals surface area contributed by atoms with Crippen molar-refractivity contribution in [2.45, 2.75) is 32.8 Å². The van der Waals surface area contributed by atoms with Crippen molar-refractivity contribution in [2.75, 3.05) is 32.8 Å². The van der Waals surface area contributed by atoms with Crippen LogP contribution < -0.4 is 4.74 Å². The zero-order chi connectivity index (χ0) is 22.8. The van der Waals surface area contributed by atoms with Crippen molar-refractivity contribution in [3.8, 4) is 5.88 Å². The number of hydrogen-bond acceptors (Lipinski definition) is 7. The maximum absolute atomic E-state index is 12.8. The molecule has 0 N–H and O–H groups in total. The minimum absolute atomic E-state index is 0.179. The molecule has 3 heterocycles. The van der Waals surface area contributed by atoms with E-state index in [9.17, 15) is 14.4 Å². The number of rotatable bonds is 6. The van der Waals surface area contributed by atoms with Crippen LogP contribution in [0.25, 0.3) is 0 Å². The molecule has 0 saturated carbocycles. The van der Waals surface area contributed by atoms with Gasteiger partial charge in [-0.05, 0) is 19.1 Å². The fourth-order valence-corrected chi connectivity index (χ4v) is 3.74. The number of fused-ring (bicyclic) bond motifs is 1. The Morgan fingerprint density at radius 1 is 1.19 bits per heavy atom. The lowest BCUT2D eigenvalue weighted by Gasteiger charge is -2.33. The average Bonchev–Trinajstić information content (AvgIpc) is 3.02. The molecule has 1 saturated heterocycles. The number of imide groups is 1. The van der Waals surface area contributed by atoms with Gasteiger partial charge in [-0.15, -0.1) is 0 Å². The van der Waals surface area contributed by atoms with Crippen LogP contribution in [0.4, 0.5) is 0 Å². The molecule has 9 nitrogen and oxygen atoms in total. The van der Waals surface area contributed by atoms with Crippen molar-refractivity contribution in [3.63, 3.8) is 0 Å². The van der Waals surface area contributed by atoms with Crippen LogP contribution in [0.3, 0.4) is 0 Å². The molecule has 3 amide bonds. The third kappa shape index (κ3) is 4.47. The molecule has 1 unspecified atom stereocenters. The molecule has 2 aliphatic rings. The summed E-state index contributed by atoms with van der Waals surface area (Å²) in [7, 11) is 0. The maximum Gasteiger partial charge on any atom is 0.262 e. The first kappa shape index (κ1) is 21.9. The molecule has 1 atom stereocenters. The van der Waals surface area contributed by atoms with E-state index >= 15 is 0 Å². The highest BCUT2D eigenvalue weighted by Crippen LogP contribution is 2.22. The van der Waals surface area contributed by atoms with Crippen molar-refractivity contribution < 1.29 is 23.9 Å². The van der Waals surface area contributed by atoms with Crippen LogP contribution in [0.1, 0.15) is 52.0 Å². The molecule has 2 aliphatic heterocycles. The first-order valence-electron chi connectivity index (χ1n) is 10.7. The van der Waals surface area contributed by atoms with E-state index in [0.717, 1.165) is 10.6 Å². The van der Waals surface area contributed by atoms with Gasteiger partial charge in [-0.25, -0.2) is 4.98 Å². The Bertz CT molecular complexity index is 1020. The second-order valence-corrected chi connectivity index (χ2v) is 8.25. The predicted molar refractivity (Wildman–Crippen MR) is 114 cm³/mol. The fraction of sp³-hybridized carbons (Fsp3) is 0.435. The number of carbonyl (C=O) groups excluding carboxylic acids is 3. The van der Waals surface area contributed by atoms with E-state index in [1.165, 1.54) is 0 Å². The smallest absolute Gasteiger partial charge is 0.262 e. The van der Waals surface area contributed by atoms with Crippen LogP contribution in [0.15, 0.2) is 30.3 Å². The Kier molecular flexibility index (Phi) is 6.18. The molecule has 9 heteroatoms. The van der Waals surface area contributed by atoms with Gasteiger partial charge in [0, 0.05) is 24.2 Å². The lowest BCUT2D eigenvalue weighted by atomic mass is 10.1. The number of carbonyl (C=O) groups is 3. The third-order valence-electron chi connectivity index (χ3n) is 5.44. The van der Waals surface area contributed by atoms with Gasteiger partial charge in [-0.2, -0.15) is 4.98 Å². The van der Waals surface area contributed by atoms with Crippen LogP contribution in [0.5, 0.6) is 5.88 Å². The van der Waals surface area contributed by atoms with Crippen molar-refractivity contribution in [1.82, 2.24) is 19.8 Å². The first-order valence-corrected chi connectivity index (χ1v) is 10.7. The van der Waals surface area contributed by atoms with Gasteiger partial charge in [0.25, 0.3) is 11.8 Å². The summed E-state index contributed by atoms with van der Waals surface area (Å²) in [6.45, 7) is 6.90. The van der Waals surface area contributed by atoms with Crippen LogP contribution >= 0.6 is 0 Å². The van der Waals surface area contributed by atoms with Gasteiger partial charge in [0.2, 0.25) is 11.8 Å². The number of benzene rings is 1. The van der Waals surface area contributed by atoms with Gasteiger partial charge >= 0.3 is 0 Å². The number of morpholine rings is 1. The zero-order valence-corrected chi connectivity index (χ0v) is 18.4. The van der Waals surface area contributed by atoms with E-state index in [1.54, 1.807) is 35.2 Å². The molecule has 0 aliphatic carbocycles. The molecule has 1 fully saturated rings. The molecule has 168 valence electrons. The Morgan fingerprint density at radius 3 is 2.53 bits per heavy atom. The summed E-state index contributed by atoms with van der Waals surface area (Å²) >= 11 is 0. The zero-order valence-electron chi connectivity index (χ0n) is 18.4. The van der Waals surface area contributed by atoms with Gasteiger partial charge in [0.15, 0.2) is 0 Å². The number of amides is 3. The van der Waals surface area contributed by atoms with E-state index in [1.807, 2.05) is 20.8 Å². The van der Waals surface area contributed by atoms with Gasteiger partial charge in [0.05, 0.1) is 24.3 Å². The van der Waals surface area contributed by atoms with Crippen molar-refractivity contribution >= 4 is 17.7 Å². The van der Waals surface area contributed by atoms with Crippen molar-refractivity contribution in [3.05, 3.63) is 53.0 Å². The Hall–Kier alpha value is -3.33. The van der Waals surface area contributed by atoms with Crippen LogP contribution in [-0.4, -0.2) is 76.4 Å². The molecule has 1 aromatic heterocycles. The Balaban J connectivity index is 1.35. The molecule has 32 heavy (non-hydrogen) atoms. The molecule has 0 radical (unpaired) electrons. The quantitative estimate of drug-likeness (QED) is 0.634. The molecule has 1 aromatic carbocycles. The minimum atomic E-state index is -0.438. The molecule has 0 spiro atoms. The summed E-state index contributed by atoms with van der Waals surface area (Å²) in [6.07, 6.45) is -0.340. The SMILES string of the molecule is Cc1cc(OCC2CN(C(=O)CN3C(=O)c4ccccc4C3=O)CCO2)nc(C(C)C)n1. The fourth-order valence-electron chi connectivity index (χ4n) is 3.74. The normalized spacial score (nSPS) is 18.3. The van der Waals surface area contributed by atoms with Crippen LogP contribution in [-0.2, 0) is 9.53 Å². The maximum atomic E-state index is 12.8. The second kappa shape index (κ2) is 9.04. The van der Waals surface area contributed by atoms with E-state index in [0.29, 0.717) is 42.5 Å². The lowest BCUT2D eigenvalue weighted by Crippen LogP contribution is -2.51. The number of aromatic nitrogens is 2. The number of aryl methyl sites for hydroxylation is 1. The van der Waals surface area contributed by atoms with E-state index < -0.39 is 11.8 Å². The van der Waals surface area contributed by atoms with E-state index in [2.05, 4.69) is 9.97 Å². The highest BCUT2D eigenvalue weighted by Gasteiger charge is 2.37. The largest absolute Gasteiger partial charge is 0.475 e. The number of nitrogens with zero attached hydrogens (tertiary/aromatic N) is 4. The molecule has 2 aromatic rings. The van der Waals surface area contributed by atoms with Gasteiger partial charge < -0.3 is 14.4 Å². The van der Waals surface area contributed by atoms with Crippen LogP contribution in [0.2, 0.25) is 0 Å². The summed E-state index contributed by atoms with van der Waals surface area (Å²) in [4.78, 5) is 49.3. The predicted octanol–water partition coefficient (Wildman–Crippen LogP) is 1.81. The summed E-state index contributed by atoms with van der Waals surface area (Å²) in [5, 5.41) is 0.